The van der Waals surface area contributed by atoms with Gasteiger partial charge in [0.15, 0.2) is 0 Å². The summed E-state index contributed by atoms with van der Waals surface area (Å²) < 4.78 is 11.4. The van der Waals surface area contributed by atoms with E-state index in [1.807, 2.05) is 0 Å². The molecule has 0 aliphatic carbocycles. The van der Waals surface area contributed by atoms with Gasteiger partial charge in [-0.1, -0.05) is 25.4 Å². The van der Waals surface area contributed by atoms with E-state index in [2.05, 4.69) is 18.7 Å². The van der Waals surface area contributed by atoms with Crippen LogP contribution < -0.4 is 4.74 Å². The van der Waals surface area contributed by atoms with E-state index in [4.69, 9.17) is 26.2 Å². The summed E-state index contributed by atoms with van der Waals surface area (Å²) in [5, 5.41) is 9.27. The van der Waals surface area contributed by atoms with Crippen LogP contribution in [0, 0.1) is 11.3 Å². The number of rotatable bonds is 5. The van der Waals surface area contributed by atoms with Crippen LogP contribution in [0.3, 0.4) is 0 Å². The number of hydrogen-bond donors (Lipinski definition) is 1. The van der Waals surface area contributed by atoms with E-state index >= 15 is 0 Å². The molecule has 0 radical (unpaired) electrons. The largest absolute Gasteiger partial charge is 0.491 e. The first-order chi connectivity index (χ1) is 10.9. The standard InChI is InChI=1S/C17H22ClNO4/c1-17(2)10-19(14-9-22-8-12(14)17)5-6-23-15-4-3-11(16(20)21)7-13(15)18/h3-4,7,12,14H,5-6,8-10H2,1-2H3,(H,20,21)/t12-,14+/m0/s1. The number of nitrogens with zero attached hydrogens (tertiary/aromatic N) is 1. The van der Waals surface area contributed by atoms with Gasteiger partial charge in [-0.2, -0.15) is 0 Å². The Kier molecular flexibility index (Phi) is 4.54. The summed E-state index contributed by atoms with van der Waals surface area (Å²) in [6.45, 7) is 8.60. The lowest BCUT2D eigenvalue weighted by Gasteiger charge is -2.24. The average molecular weight is 340 g/mol. The zero-order valence-corrected chi connectivity index (χ0v) is 14.2. The highest BCUT2D eigenvalue weighted by atomic mass is 35.5. The number of carboxylic acids is 1. The summed E-state index contributed by atoms with van der Waals surface area (Å²) >= 11 is 6.08. The Balaban J connectivity index is 1.57. The molecule has 0 unspecified atom stereocenters. The Morgan fingerprint density at radius 2 is 2.26 bits per heavy atom. The van der Waals surface area contributed by atoms with Gasteiger partial charge in [0.1, 0.15) is 12.4 Å². The lowest BCUT2D eigenvalue weighted by atomic mass is 9.80. The first-order valence-electron chi connectivity index (χ1n) is 7.86. The van der Waals surface area contributed by atoms with Gasteiger partial charge in [0.2, 0.25) is 0 Å². The minimum atomic E-state index is -0.995. The summed E-state index contributed by atoms with van der Waals surface area (Å²) in [6, 6.07) is 5.00. The van der Waals surface area contributed by atoms with Crippen molar-refractivity contribution in [3.8, 4) is 5.75 Å². The summed E-state index contributed by atoms with van der Waals surface area (Å²) in [5.74, 6) is 0.111. The van der Waals surface area contributed by atoms with Crippen LogP contribution in [0.4, 0.5) is 0 Å². The second-order valence-electron chi connectivity index (χ2n) is 6.97. The van der Waals surface area contributed by atoms with Crippen molar-refractivity contribution in [1.29, 1.82) is 0 Å². The summed E-state index contributed by atoms with van der Waals surface area (Å²) in [6.07, 6.45) is 0. The molecule has 5 nitrogen and oxygen atoms in total. The van der Waals surface area contributed by atoms with Crippen molar-refractivity contribution < 1.29 is 19.4 Å². The number of fused-ring (bicyclic) bond motifs is 1. The fourth-order valence-corrected chi connectivity index (χ4v) is 3.91. The van der Waals surface area contributed by atoms with Crippen molar-refractivity contribution in [3.63, 3.8) is 0 Å². The first-order valence-corrected chi connectivity index (χ1v) is 8.24. The van der Waals surface area contributed by atoms with Gasteiger partial charge >= 0.3 is 5.97 Å². The van der Waals surface area contributed by atoms with Crippen molar-refractivity contribution >= 4 is 17.6 Å². The maximum absolute atomic E-state index is 10.9. The molecule has 0 bridgehead atoms. The second kappa shape index (κ2) is 6.30. The van der Waals surface area contributed by atoms with Gasteiger partial charge in [-0.25, -0.2) is 4.79 Å². The van der Waals surface area contributed by atoms with Gasteiger partial charge in [0.25, 0.3) is 0 Å². The molecule has 126 valence electrons. The molecular formula is C17H22ClNO4. The van der Waals surface area contributed by atoms with E-state index in [0.717, 1.165) is 26.3 Å². The molecule has 0 spiro atoms. The third-order valence-corrected chi connectivity index (χ3v) is 5.24. The lowest BCUT2D eigenvalue weighted by Crippen LogP contribution is -2.36. The fourth-order valence-electron chi connectivity index (χ4n) is 3.68. The van der Waals surface area contributed by atoms with Gasteiger partial charge in [-0.3, -0.25) is 4.90 Å². The molecule has 1 aromatic carbocycles. The number of carbonyl (C=O) groups is 1. The monoisotopic (exact) mass is 339 g/mol. The SMILES string of the molecule is CC1(C)CN(CCOc2ccc(C(=O)O)cc2Cl)[C@@H]2COC[C@@H]21. The Hall–Kier alpha value is -1.30. The number of hydrogen-bond acceptors (Lipinski definition) is 4. The highest BCUT2D eigenvalue weighted by molar-refractivity contribution is 6.32. The third kappa shape index (κ3) is 3.32. The normalized spacial score (nSPS) is 26.2. The zero-order valence-electron chi connectivity index (χ0n) is 13.4. The van der Waals surface area contributed by atoms with Gasteiger partial charge in [-0.15, -0.1) is 0 Å². The molecule has 2 aliphatic rings. The molecule has 0 aromatic heterocycles. The topological polar surface area (TPSA) is 59.0 Å². The Morgan fingerprint density at radius 3 is 2.96 bits per heavy atom. The number of benzene rings is 1. The summed E-state index contributed by atoms with van der Waals surface area (Å²) in [5.41, 5.74) is 0.427. The molecule has 2 saturated heterocycles. The van der Waals surface area contributed by atoms with Crippen LogP contribution in [0.5, 0.6) is 5.75 Å². The number of ether oxygens (including phenoxy) is 2. The molecule has 1 N–H and O–H groups in total. The molecule has 6 heteroatoms. The lowest BCUT2D eigenvalue weighted by molar-refractivity contribution is 0.0697. The van der Waals surface area contributed by atoms with Crippen molar-refractivity contribution in [2.75, 3.05) is 32.9 Å². The van der Waals surface area contributed by atoms with Crippen LogP contribution >= 0.6 is 11.6 Å². The Bertz CT molecular complexity index is 604. The van der Waals surface area contributed by atoms with Gasteiger partial charge in [0.05, 0.1) is 23.8 Å². The van der Waals surface area contributed by atoms with Crippen molar-refractivity contribution in [1.82, 2.24) is 4.90 Å². The van der Waals surface area contributed by atoms with Crippen LogP contribution in [0.15, 0.2) is 18.2 Å². The highest BCUT2D eigenvalue weighted by Gasteiger charge is 2.49. The molecule has 2 fully saturated rings. The molecule has 0 amide bonds. The number of carboxylic acid groups (broad SMARTS) is 1. The number of aromatic carboxylic acids is 1. The van der Waals surface area contributed by atoms with E-state index in [1.54, 1.807) is 6.07 Å². The van der Waals surface area contributed by atoms with Crippen molar-refractivity contribution in [3.05, 3.63) is 28.8 Å². The fraction of sp³-hybridized carbons (Fsp3) is 0.588. The van der Waals surface area contributed by atoms with E-state index < -0.39 is 5.97 Å². The van der Waals surface area contributed by atoms with E-state index in [9.17, 15) is 4.79 Å². The second-order valence-corrected chi connectivity index (χ2v) is 7.38. The average Bonchev–Trinajstić information content (AvgIpc) is 3.05. The first kappa shape index (κ1) is 16.6. The molecule has 2 heterocycles. The zero-order chi connectivity index (χ0) is 16.6. The highest BCUT2D eigenvalue weighted by Crippen LogP contribution is 2.42. The Labute approximate surface area is 141 Å². The molecule has 3 rings (SSSR count). The van der Waals surface area contributed by atoms with Gasteiger partial charge in [-0.05, 0) is 23.6 Å². The molecule has 23 heavy (non-hydrogen) atoms. The molecule has 2 atom stereocenters. The smallest absolute Gasteiger partial charge is 0.335 e. The van der Waals surface area contributed by atoms with E-state index in [1.165, 1.54) is 12.1 Å². The molecular weight excluding hydrogens is 318 g/mol. The predicted molar refractivity (Wildman–Crippen MR) is 87.4 cm³/mol. The van der Waals surface area contributed by atoms with Crippen molar-refractivity contribution in [2.45, 2.75) is 19.9 Å². The van der Waals surface area contributed by atoms with E-state index in [-0.39, 0.29) is 11.0 Å². The molecule has 0 saturated carbocycles. The van der Waals surface area contributed by atoms with Crippen LogP contribution in [0.1, 0.15) is 24.2 Å². The maximum Gasteiger partial charge on any atom is 0.335 e. The quantitative estimate of drug-likeness (QED) is 0.894. The number of halogens is 1. The maximum atomic E-state index is 10.9. The molecule has 2 aliphatic heterocycles. The van der Waals surface area contributed by atoms with Gasteiger partial charge < -0.3 is 14.6 Å². The minimum Gasteiger partial charge on any atom is -0.491 e. The summed E-state index contributed by atoms with van der Waals surface area (Å²) in [7, 11) is 0. The van der Waals surface area contributed by atoms with Crippen LogP contribution in [-0.4, -0.2) is 54.9 Å². The Morgan fingerprint density at radius 1 is 1.48 bits per heavy atom. The van der Waals surface area contributed by atoms with Crippen LogP contribution in [0.2, 0.25) is 5.02 Å². The molecule has 1 aromatic rings. The summed E-state index contributed by atoms with van der Waals surface area (Å²) in [4.78, 5) is 13.3. The van der Waals surface area contributed by atoms with Crippen LogP contribution in [-0.2, 0) is 4.74 Å². The van der Waals surface area contributed by atoms with Gasteiger partial charge in [0, 0.05) is 25.0 Å². The van der Waals surface area contributed by atoms with E-state index in [0.29, 0.717) is 29.3 Å². The predicted octanol–water partition coefficient (Wildman–Crippen LogP) is 2.77. The van der Waals surface area contributed by atoms with Crippen molar-refractivity contribution in [2.24, 2.45) is 11.3 Å². The number of likely N-dealkylation sites (tertiary alicyclic amines) is 1. The van der Waals surface area contributed by atoms with Crippen LogP contribution in [0.25, 0.3) is 0 Å². The third-order valence-electron chi connectivity index (χ3n) is 4.95. The minimum absolute atomic E-state index is 0.162.